The largest absolute Gasteiger partial charge is 0.490 e. The van der Waals surface area contributed by atoms with Gasteiger partial charge in [-0.1, -0.05) is 42.5 Å². The summed E-state index contributed by atoms with van der Waals surface area (Å²) in [7, 11) is 0. The molecule has 0 saturated heterocycles. The van der Waals surface area contributed by atoms with Crippen molar-refractivity contribution in [3.8, 4) is 11.5 Å². The lowest BCUT2D eigenvalue weighted by atomic mass is 10.2. The van der Waals surface area contributed by atoms with Crippen LogP contribution in [0.15, 0.2) is 78.9 Å². The summed E-state index contributed by atoms with van der Waals surface area (Å²) in [6.07, 6.45) is 0. The smallest absolute Gasteiger partial charge is 0.262 e. The second-order valence-corrected chi connectivity index (χ2v) is 5.75. The van der Waals surface area contributed by atoms with Gasteiger partial charge < -0.3 is 20.1 Å². The van der Waals surface area contributed by atoms with Gasteiger partial charge in [-0.15, -0.1) is 0 Å². The summed E-state index contributed by atoms with van der Waals surface area (Å²) in [5.74, 6) is 0.924. The van der Waals surface area contributed by atoms with Crippen molar-refractivity contribution in [2.24, 2.45) is 0 Å². The molecule has 0 aromatic heterocycles. The van der Waals surface area contributed by atoms with Crippen LogP contribution < -0.4 is 20.1 Å². The molecule has 0 radical (unpaired) electrons. The second-order valence-electron chi connectivity index (χ2n) is 5.75. The average molecular weight is 362 g/mol. The predicted octanol–water partition coefficient (Wildman–Crippen LogP) is 4.85. The van der Waals surface area contributed by atoms with Crippen LogP contribution in [0.2, 0.25) is 0 Å². The van der Waals surface area contributed by atoms with Gasteiger partial charge in [0.25, 0.3) is 5.91 Å². The van der Waals surface area contributed by atoms with Crippen LogP contribution in [0.25, 0.3) is 0 Å². The lowest BCUT2D eigenvalue weighted by Gasteiger charge is -2.14. The molecule has 0 aliphatic rings. The van der Waals surface area contributed by atoms with Crippen LogP contribution in [0.1, 0.15) is 6.92 Å². The molecule has 5 heteroatoms. The third kappa shape index (κ3) is 5.25. The molecule has 2 N–H and O–H groups in total. The minimum atomic E-state index is -0.247. The highest BCUT2D eigenvalue weighted by Crippen LogP contribution is 2.27. The Morgan fingerprint density at radius 2 is 1.37 bits per heavy atom. The van der Waals surface area contributed by atoms with Crippen LogP contribution in [0, 0.1) is 0 Å². The number of amides is 1. The number of hydrogen-bond donors (Lipinski definition) is 2. The summed E-state index contributed by atoms with van der Waals surface area (Å²) < 4.78 is 11.1. The molecule has 0 bridgehead atoms. The van der Waals surface area contributed by atoms with Gasteiger partial charge >= 0.3 is 0 Å². The van der Waals surface area contributed by atoms with Crippen LogP contribution in [0.5, 0.6) is 11.5 Å². The van der Waals surface area contributed by atoms with Gasteiger partial charge in [0.1, 0.15) is 0 Å². The third-order valence-corrected chi connectivity index (χ3v) is 3.76. The Hall–Kier alpha value is -3.47. The lowest BCUT2D eigenvalue weighted by Crippen LogP contribution is -2.21. The topological polar surface area (TPSA) is 59.6 Å². The van der Waals surface area contributed by atoms with Crippen LogP contribution in [-0.4, -0.2) is 19.1 Å². The van der Waals surface area contributed by atoms with Crippen LogP contribution in [0.3, 0.4) is 0 Å². The number of para-hydroxylation sites is 5. The lowest BCUT2D eigenvalue weighted by molar-refractivity contribution is -0.118. The fourth-order valence-electron chi connectivity index (χ4n) is 2.55. The van der Waals surface area contributed by atoms with Gasteiger partial charge in [-0.25, -0.2) is 0 Å². The maximum Gasteiger partial charge on any atom is 0.262 e. The molecule has 0 unspecified atom stereocenters. The summed E-state index contributed by atoms with van der Waals surface area (Å²) in [5, 5.41) is 6.19. The second kappa shape index (κ2) is 9.29. The summed E-state index contributed by atoms with van der Waals surface area (Å²) >= 11 is 0. The minimum Gasteiger partial charge on any atom is -0.490 e. The normalized spacial score (nSPS) is 10.1. The van der Waals surface area contributed by atoms with Gasteiger partial charge in [-0.2, -0.15) is 0 Å². The molecular formula is C22H22N2O3. The molecule has 3 aromatic carbocycles. The monoisotopic (exact) mass is 362 g/mol. The number of rotatable bonds is 8. The van der Waals surface area contributed by atoms with E-state index in [0.29, 0.717) is 23.8 Å². The van der Waals surface area contributed by atoms with Crippen molar-refractivity contribution < 1.29 is 14.3 Å². The Morgan fingerprint density at radius 3 is 2.07 bits per heavy atom. The zero-order valence-corrected chi connectivity index (χ0v) is 15.1. The average Bonchev–Trinajstić information content (AvgIpc) is 2.70. The van der Waals surface area contributed by atoms with Crippen molar-refractivity contribution in [2.45, 2.75) is 6.92 Å². The molecule has 5 nitrogen and oxygen atoms in total. The zero-order chi connectivity index (χ0) is 18.9. The van der Waals surface area contributed by atoms with Crippen LogP contribution in [0.4, 0.5) is 17.1 Å². The molecule has 0 aliphatic heterocycles. The first-order valence-corrected chi connectivity index (χ1v) is 8.82. The van der Waals surface area contributed by atoms with Crippen LogP contribution >= 0.6 is 0 Å². The van der Waals surface area contributed by atoms with E-state index in [1.165, 1.54) is 0 Å². The van der Waals surface area contributed by atoms with Gasteiger partial charge in [-0.3, -0.25) is 4.79 Å². The Bertz CT molecular complexity index is 881. The summed E-state index contributed by atoms with van der Waals surface area (Å²) in [6.45, 7) is 2.33. The first-order valence-electron chi connectivity index (χ1n) is 8.82. The van der Waals surface area contributed by atoms with Gasteiger partial charge in [-0.05, 0) is 43.3 Å². The van der Waals surface area contributed by atoms with Gasteiger partial charge in [0, 0.05) is 5.69 Å². The number of benzene rings is 3. The number of nitrogens with one attached hydrogen (secondary N) is 2. The van der Waals surface area contributed by atoms with Crippen molar-refractivity contribution in [1.82, 2.24) is 0 Å². The number of carbonyl (C=O) groups excluding carboxylic acids is 1. The molecule has 3 rings (SSSR count). The van der Waals surface area contributed by atoms with Crippen molar-refractivity contribution in [3.05, 3.63) is 78.9 Å². The van der Waals surface area contributed by atoms with Crippen molar-refractivity contribution in [2.75, 3.05) is 23.8 Å². The maximum atomic E-state index is 12.4. The standard InChI is InChI=1S/C22H22N2O3/c1-2-26-20-14-8-9-15-21(20)27-16-22(25)24-19-13-7-6-12-18(19)23-17-10-4-3-5-11-17/h3-15,23H,2,16H2,1H3,(H,24,25). The molecule has 0 heterocycles. The van der Waals surface area contributed by atoms with E-state index in [9.17, 15) is 4.79 Å². The minimum absolute atomic E-state index is 0.107. The van der Waals surface area contributed by atoms with Crippen molar-refractivity contribution in [3.63, 3.8) is 0 Å². The van der Waals surface area contributed by atoms with E-state index in [1.807, 2.05) is 79.7 Å². The highest BCUT2D eigenvalue weighted by atomic mass is 16.5. The van der Waals surface area contributed by atoms with Crippen molar-refractivity contribution >= 4 is 23.0 Å². The fraction of sp³-hybridized carbons (Fsp3) is 0.136. The molecule has 0 spiro atoms. The molecule has 1 amide bonds. The van der Waals surface area contributed by atoms with E-state index in [2.05, 4.69) is 10.6 Å². The van der Waals surface area contributed by atoms with E-state index < -0.39 is 0 Å². The van der Waals surface area contributed by atoms with E-state index in [4.69, 9.17) is 9.47 Å². The molecule has 3 aromatic rings. The first-order chi connectivity index (χ1) is 13.3. The van der Waals surface area contributed by atoms with Gasteiger partial charge in [0.05, 0.1) is 18.0 Å². The summed E-state index contributed by atoms with van der Waals surface area (Å²) in [4.78, 5) is 12.4. The Labute approximate surface area is 158 Å². The predicted molar refractivity (Wildman–Crippen MR) is 108 cm³/mol. The molecule has 0 fully saturated rings. The molecule has 138 valence electrons. The van der Waals surface area contributed by atoms with Crippen molar-refractivity contribution in [1.29, 1.82) is 0 Å². The highest BCUT2D eigenvalue weighted by Gasteiger charge is 2.10. The van der Waals surface area contributed by atoms with E-state index >= 15 is 0 Å². The van der Waals surface area contributed by atoms with E-state index in [1.54, 1.807) is 6.07 Å². The number of carbonyl (C=O) groups is 1. The quantitative estimate of drug-likeness (QED) is 0.602. The molecule has 0 aliphatic carbocycles. The zero-order valence-electron chi connectivity index (χ0n) is 15.1. The molecule has 27 heavy (non-hydrogen) atoms. The van der Waals surface area contributed by atoms with E-state index in [-0.39, 0.29) is 12.5 Å². The highest BCUT2D eigenvalue weighted by molar-refractivity contribution is 5.95. The first kappa shape index (κ1) is 18.3. The molecule has 0 saturated carbocycles. The fourth-order valence-corrected chi connectivity index (χ4v) is 2.55. The number of hydrogen-bond acceptors (Lipinski definition) is 4. The summed E-state index contributed by atoms with van der Waals surface area (Å²) in [5.41, 5.74) is 2.45. The Kier molecular flexibility index (Phi) is 6.30. The van der Waals surface area contributed by atoms with Gasteiger partial charge in [0.15, 0.2) is 18.1 Å². The number of ether oxygens (including phenoxy) is 2. The maximum absolute atomic E-state index is 12.4. The molecule has 0 atom stereocenters. The Balaban J connectivity index is 1.63. The van der Waals surface area contributed by atoms with Crippen LogP contribution in [-0.2, 0) is 4.79 Å². The Morgan fingerprint density at radius 1 is 0.778 bits per heavy atom. The van der Waals surface area contributed by atoms with Gasteiger partial charge in [0.2, 0.25) is 0 Å². The van der Waals surface area contributed by atoms with E-state index in [0.717, 1.165) is 11.4 Å². The third-order valence-electron chi connectivity index (χ3n) is 3.76. The number of anilines is 3. The SMILES string of the molecule is CCOc1ccccc1OCC(=O)Nc1ccccc1Nc1ccccc1. The summed E-state index contributed by atoms with van der Waals surface area (Å²) in [6, 6.07) is 24.6. The molecular weight excluding hydrogens is 340 g/mol.